The maximum atomic E-state index is 13.6. The molecule has 9 nitrogen and oxygen atoms in total. The van der Waals surface area contributed by atoms with Crippen LogP contribution >= 0.6 is 11.8 Å². The Labute approximate surface area is 281 Å². The first kappa shape index (κ1) is 31.8. The molecular formula is C38H30N4O5S. The third-order valence-electron chi connectivity index (χ3n) is 7.09. The van der Waals surface area contributed by atoms with Crippen LogP contribution < -0.4 is 16.0 Å². The van der Waals surface area contributed by atoms with Gasteiger partial charge in [0.15, 0.2) is 5.82 Å². The van der Waals surface area contributed by atoms with Crippen LogP contribution in [0.3, 0.4) is 0 Å². The van der Waals surface area contributed by atoms with Gasteiger partial charge in [-0.2, -0.15) is 0 Å². The van der Waals surface area contributed by atoms with Crippen LogP contribution in [0.25, 0.3) is 17.4 Å². The SMILES string of the molecule is Cc1cc(NC(=O)C(Sc2ccc(NC(=O)C(=Cc3ccc(-c4ccccc4)o3)NC(=O)c3ccccc3)cc2)c2ccccc2)no1. The van der Waals surface area contributed by atoms with Crippen molar-refractivity contribution in [3.05, 3.63) is 162 Å². The highest BCUT2D eigenvalue weighted by Crippen LogP contribution is 2.37. The lowest BCUT2D eigenvalue weighted by molar-refractivity contribution is -0.116. The number of hydrogen-bond donors (Lipinski definition) is 3. The molecule has 0 bridgehead atoms. The monoisotopic (exact) mass is 654 g/mol. The minimum atomic E-state index is -0.583. The van der Waals surface area contributed by atoms with Gasteiger partial charge >= 0.3 is 0 Å². The van der Waals surface area contributed by atoms with Gasteiger partial charge in [-0.05, 0) is 61.0 Å². The maximum Gasteiger partial charge on any atom is 0.272 e. The quantitative estimate of drug-likeness (QED) is 0.0951. The van der Waals surface area contributed by atoms with Crippen LogP contribution in [-0.4, -0.2) is 22.9 Å². The zero-order chi connectivity index (χ0) is 33.3. The molecule has 3 N–H and O–H groups in total. The van der Waals surface area contributed by atoms with E-state index in [0.717, 1.165) is 16.0 Å². The summed E-state index contributed by atoms with van der Waals surface area (Å²) in [5, 5.41) is 11.7. The summed E-state index contributed by atoms with van der Waals surface area (Å²) < 4.78 is 11.1. The summed E-state index contributed by atoms with van der Waals surface area (Å²) >= 11 is 1.35. The second-order valence-electron chi connectivity index (χ2n) is 10.6. The first-order valence-electron chi connectivity index (χ1n) is 15.0. The molecule has 1 unspecified atom stereocenters. The van der Waals surface area contributed by atoms with Crippen molar-refractivity contribution in [3.8, 4) is 11.3 Å². The molecule has 0 saturated carbocycles. The fraction of sp³-hybridized carbons (Fsp3) is 0.0526. The summed E-state index contributed by atoms with van der Waals surface area (Å²) in [6.45, 7) is 1.75. The lowest BCUT2D eigenvalue weighted by atomic mass is 10.1. The number of aromatic nitrogens is 1. The normalized spacial score (nSPS) is 11.8. The van der Waals surface area contributed by atoms with Crippen LogP contribution in [0.4, 0.5) is 11.5 Å². The average Bonchev–Trinajstić information content (AvgIpc) is 3.77. The lowest BCUT2D eigenvalue weighted by Gasteiger charge is -2.16. The molecule has 0 aliphatic heterocycles. The maximum absolute atomic E-state index is 13.6. The number of hydrogen-bond acceptors (Lipinski definition) is 7. The third kappa shape index (κ3) is 8.17. The minimum Gasteiger partial charge on any atom is -0.457 e. The standard InChI is InChI=1S/C38H30N4O5S/c1-25-23-34(42-47-25)41-38(45)35(27-13-7-3-8-14-27)48-31-20-17-29(18-21-31)39-37(44)32(40-36(43)28-15-9-4-10-16-28)24-30-19-22-33(46-30)26-11-5-2-6-12-26/h2-24,35H,1H3,(H,39,44)(H,40,43)(H,41,42,45). The van der Waals surface area contributed by atoms with Crippen LogP contribution in [0, 0.1) is 6.92 Å². The van der Waals surface area contributed by atoms with Gasteiger partial charge < -0.3 is 24.9 Å². The molecule has 0 aliphatic carbocycles. The molecule has 6 aromatic rings. The van der Waals surface area contributed by atoms with Crippen LogP contribution in [0.2, 0.25) is 0 Å². The van der Waals surface area contributed by atoms with Gasteiger partial charge in [0.2, 0.25) is 5.91 Å². The molecule has 0 spiro atoms. The number of nitrogens with one attached hydrogen (secondary N) is 3. The number of carbonyl (C=O) groups excluding carboxylic acids is 3. The molecule has 10 heteroatoms. The summed E-state index contributed by atoms with van der Waals surface area (Å²) in [5.74, 6) is 0.713. The fourth-order valence-electron chi connectivity index (χ4n) is 4.74. The Hall–Kier alpha value is -6.13. The Bertz CT molecular complexity index is 2040. The van der Waals surface area contributed by atoms with Crippen LogP contribution in [0.5, 0.6) is 0 Å². The van der Waals surface area contributed by atoms with Crippen LogP contribution in [-0.2, 0) is 9.59 Å². The Balaban J connectivity index is 1.19. The molecule has 0 fully saturated rings. The van der Waals surface area contributed by atoms with Gasteiger partial charge in [-0.3, -0.25) is 14.4 Å². The molecule has 0 saturated heterocycles. The van der Waals surface area contributed by atoms with Crippen molar-refractivity contribution >= 4 is 47.1 Å². The van der Waals surface area contributed by atoms with Gasteiger partial charge in [-0.25, -0.2) is 0 Å². The zero-order valence-electron chi connectivity index (χ0n) is 25.8. The van der Waals surface area contributed by atoms with Gasteiger partial charge in [0.25, 0.3) is 11.8 Å². The number of carbonyl (C=O) groups is 3. The van der Waals surface area contributed by atoms with Crippen molar-refractivity contribution < 1.29 is 23.3 Å². The Morgan fingerprint density at radius 2 is 1.44 bits per heavy atom. The first-order chi connectivity index (χ1) is 23.4. The van der Waals surface area contributed by atoms with Crippen molar-refractivity contribution in [2.45, 2.75) is 17.1 Å². The van der Waals surface area contributed by atoms with E-state index in [1.807, 2.05) is 84.9 Å². The van der Waals surface area contributed by atoms with Gasteiger partial charge in [-0.15, -0.1) is 11.8 Å². The summed E-state index contributed by atoms with van der Waals surface area (Å²) in [6.07, 6.45) is 1.49. The summed E-state index contributed by atoms with van der Waals surface area (Å²) in [4.78, 5) is 40.7. The molecule has 2 aromatic heterocycles. The lowest BCUT2D eigenvalue weighted by Crippen LogP contribution is -2.30. The Morgan fingerprint density at radius 3 is 2.10 bits per heavy atom. The van der Waals surface area contributed by atoms with Gasteiger partial charge in [0, 0.05) is 33.9 Å². The molecular weight excluding hydrogens is 625 g/mol. The zero-order valence-corrected chi connectivity index (χ0v) is 26.6. The predicted molar refractivity (Wildman–Crippen MR) is 186 cm³/mol. The number of anilines is 2. The second kappa shape index (κ2) is 15.0. The van der Waals surface area contributed by atoms with E-state index in [1.165, 1.54) is 17.8 Å². The van der Waals surface area contributed by atoms with Crippen LogP contribution in [0.1, 0.15) is 32.7 Å². The highest BCUT2D eigenvalue weighted by molar-refractivity contribution is 8.00. The van der Waals surface area contributed by atoms with E-state index in [9.17, 15) is 14.4 Å². The minimum absolute atomic E-state index is 0.000159. The van der Waals surface area contributed by atoms with E-state index in [0.29, 0.717) is 34.3 Å². The molecule has 1 atom stereocenters. The van der Waals surface area contributed by atoms with Gasteiger partial charge in [0.05, 0.1) is 0 Å². The predicted octanol–water partition coefficient (Wildman–Crippen LogP) is 8.12. The molecule has 238 valence electrons. The van der Waals surface area contributed by atoms with E-state index in [-0.39, 0.29) is 11.6 Å². The van der Waals surface area contributed by atoms with Crippen molar-refractivity contribution in [2.75, 3.05) is 10.6 Å². The van der Waals surface area contributed by atoms with E-state index in [4.69, 9.17) is 8.94 Å². The number of nitrogens with zero attached hydrogens (tertiary/aromatic N) is 1. The molecule has 4 aromatic carbocycles. The summed E-state index contributed by atoms with van der Waals surface area (Å²) in [5.41, 5.74) is 2.59. The molecule has 2 heterocycles. The highest BCUT2D eigenvalue weighted by atomic mass is 32.2. The van der Waals surface area contributed by atoms with Crippen molar-refractivity contribution in [2.24, 2.45) is 0 Å². The number of benzene rings is 4. The largest absolute Gasteiger partial charge is 0.457 e. The number of amides is 3. The van der Waals surface area contributed by atoms with Gasteiger partial charge in [-0.1, -0.05) is 84.0 Å². The van der Waals surface area contributed by atoms with Crippen molar-refractivity contribution in [3.63, 3.8) is 0 Å². The van der Waals surface area contributed by atoms with E-state index < -0.39 is 17.1 Å². The number of aryl methyl sites for hydroxylation is 1. The van der Waals surface area contributed by atoms with E-state index in [1.54, 1.807) is 55.5 Å². The molecule has 3 amide bonds. The Kier molecular flexibility index (Phi) is 9.93. The molecule has 0 radical (unpaired) electrons. The first-order valence-corrected chi connectivity index (χ1v) is 15.9. The van der Waals surface area contributed by atoms with Crippen molar-refractivity contribution in [1.29, 1.82) is 0 Å². The number of furan rings is 1. The summed E-state index contributed by atoms with van der Waals surface area (Å²) in [6, 6.07) is 39.9. The summed E-state index contributed by atoms with van der Waals surface area (Å²) in [7, 11) is 0. The van der Waals surface area contributed by atoms with E-state index in [2.05, 4.69) is 21.1 Å². The highest BCUT2D eigenvalue weighted by Gasteiger charge is 2.23. The molecule has 48 heavy (non-hydrogen) atoms. The third-order valence-corrected chi connectivity index (χ3v) is 8.35. The smallest absolute Gasteiger partial charge is 0.272 e. The fourth-order valence-corrected chi connectivity index (χ4v) is 5.77. The second-order valence-corrected chi connectivity index (χ2v) is 11.8. The van der Waals surface area contributed by atoms with E-state index >= 15 is 0 Å². The van der Waals surface area contributed by atoms with Crippen LogP contribution in [0.15, 0.2) is 153 Å². The van der Waals surface area contributed by atoms with Gasteiger partial charge in [0.1, 0.15) is 28.2 Å². The van der Waals surface area contributed by atoms with Crippen molar-refractivity contribution in [1.82, 2.24) is 10.5 Å². The topological polar surface area (TPSA) is 126 Å². The number of rotatable bonds is 11. The number of thioether (sulfide) groups is 1. The average molecular weight is 655 g/mol. The molecule has 0 aliphatic rings. The Morgan fingerprint density at radius 1 is 0.771 bits per heavy atom. The molecule has 6 rings (SSSR count).